The molecule has 2 aromatic rings. The first-order valence-electron chi connectivity index (χ1n) is 11.8. The molecule has 0 bridgehead atoms. The maximum absolute atomic E-state index is 11.4. The van der Waals surface area contributed by atoms with Gasteiger partial charge in [-0.1, -0.05) is 42.5 Å². The van der Waals surface area contributed by atoms with E-state index in [0.29, 0.717) is 26.2 Å². The average Bonchev–Trinajstić information content (AvgIpc) is 3.35. The molecule has 2 aliphatic heterocycles. The number of benzene rings is 2. The van der Waals surface area contributed by atoms with Gasteiger partial charge >= 0.3 is 0 Å². The van der Waals surface area contributed by atoms with Crippen molar-refractivity contribution in [2.45, 2.75) is 76.2 Å². The highest BCUT2D eigenvalue weighted by atomic mass is 16.7. The van der Waals surface area contributed by atoms with Gasteiger partial charge in [0.25, 0.3) is 0 Å². The molecule has 4 rings (SSSR count). The second kappa shape index (κ2) is 11.4. The van der Waals surface area contributed by atoms with Crippen LogP contribution in [0.4, 0.5) is 0 Å². The van der Waals surface area contributed by atoms with Crippen LogP contribution in [0.1, 0.15) is 37.8 Å². The lowest BCUT2D eigenvalue weighted by atomic mass is 10.0. The fraction of sp³-hybridized carbons (Fsp3) is 0.519. The average molecular weight is 471 g/mol. The molecule has 0 aliphatic carbocycles. The lowest BCUT2D eigenvalue weighted by molar-refractivity contribution is -0.145. The predicted octanol–water partition coefficient (Wildman–Crippen LogP) is 4.06. The van der Waals surface area contributed by atoms with E-state index in [9.17, 15) is 4.79 Å². The fourth-order valence-corrected chi connectivity index (χ4v) is 4.50. The summed E-state index contributed by atoms with van der Waals surface area (Å²) in [5.74, 6) is 0.175. The number of rotatable bonds is 11. The van der Waals surface area contributed by atoms with Crippen molar-refractivity contribution in [1.29, 1.82) is 0 Å². The molecule has 0 spiro atoms. The normalized spacial score (nSPS) is 28.1. The van der Waals surface area contributed by atoms with Gasteiger partial charge in [-0.25, -0.2) is 0 Å². The van der Waals surface area contributed by atoms with Crippen LogP contribution < -0.4 is 4.74 Å². The van der Waals surface area contributed by atoms with Crippen LogP contribution in [0.5, 0.6) is 5.75 Å². The molecule has 2 fully saturated rings. The van der Waals surface area contributed by atoms with Crippen molar-refractivity contribution in [3.8, 4) is 5.75 Å². The Morgan fingerprint density at radius 3 is 2.18 bits per heavy atom. The fourth-order valence-electron chi connectivity index (χ4n) is 4.50. The Labute approximate surface area is 201 Å². The highest BCUT2D eigenvalue weighted by Gasteiger charge is 2.48. The van der Waals surface area contributed by atoms with E-state index in [1.54, 1.807) is 7.11 Å². The number of aldehydes is 1. The molecule has 0 aromatic heterocycles. The molecule has 2 aromatic carbocycles. The van der Waals surface area contributed by atoms with E-state index in [1.165, 1.54) is 0 Å². The van der Waals surface area contributed by atoms with Gasteiger partial charge in [0.2, 0.25) is 0 Å². The number of carbonyl (C=O) groups is 1. The van der Waals surface area contributed by atoms with Crippen LogP contribution in [0.2, 0.25) is 0 Å². The molecule has 184 valence electrons. The number of methoxy groups -OCH3 is 1. The van der Waals surface area contributed by atoms with E-state index in [-0.39, 0.29) is 24.7 Å². The van der Waals surface area contributed by atoms with Gasteiger partial charge < -0.3 is 33.2 Å². The van der Waals surface area contributed by atoms with Crippen LogP contribution in [0, 0.1) is 0 Å². The van der Waals surface area contributed by atoms with E-state index in [2.05, 4.69) is 0 Å². The Hall–Kier alpha value is -2.29. The third-order valence-electron chi connectivity index (χ3n) is 6.18. The molecule has 0 N–H and O–H groups in total. The second-order valence-corrected chi connectivity index (χ2v) is 9.19. The Balaban J connectivity index is 1.49. The first kappa shape index (κ1) is 24.8. The number of hydrogen-bond acceptors (Lipinski definition) is 7. The molecule has 0 amide bonds. The van der Waals surface area contributed by atoms with Crippen LogP contribution in [0.25, 0.3) is 0 Å². The second-order valence-electron chi connectivity index (χ2n) is 9.19. The third kappa shape index (κ3) is 6.43. The third-order valence-corrected chi connectivity index (χ3v) is 6.18. The van der Waals surface area contributed by atoms with Gasteiger partial charge in [-0.2, -0.15) is 0 Å². The lowest BCUT2D eigenvalue weighted by Gasteiger charge is -2.26. The van der Waals surface area contributed by atoms with Crippen molar-refractivity contribution < 1.29 is 33.2 Å². The summed E-state index contributed by atoms with van der Waals surface area (Å²) in [6, 6.07) is 17.7. The summed E-state index contributed by atoms with van der Waals surface area (Å²) in [5.41, 5.74) is 2.07. The lowest BCUT2D eigenvalue weighted by Crippen LogP contribution is -2.39. The number of ether oxygens (including phenoxy) is 6. The van der Waals surface area contributed by atoms with Gasteiger partial charge in [-0.15, -0.1) is 0 Å². The highest BCUT2D eigenvalue weighted by Crippen LogP contribution is 2.35. The minimum atomic E-state index is -0.615. The van der Waals surface area contributed by atoms with Gasteiger partial charge in [-0.3, -0.25) is 0 Å². The summed E-state index contributed by atoms with van der Waals surface area (Å²) in [6.45, 7) is 5.11. The van der Waals surface area contributed by atoms with Crippen molar-refractivity contribution in [1.82, 2.24) is 0 Å². The summed E-state index contributed by atoms with van der Waals surface area (Å²) in [6.07, 6.45) is 0.188. The van der Waals surface area contributed by atoms with Crippen molar-refractivity contribution in [3.05, 3.63) is 65.7 Å². The van der Waals surface area contributed by atoms with Gasteiger partial charge in [0.05, 0.1) is 45.2 Å². The zero-order valence-electron chi connectivity index (χ0n) is 20.1. The van der Waals surface area contributed by atoms with Crippen LogP contribution >= 0.6 is 0 Å². The maximum atomic E-state index is 11.4. The van der Waals surface area contributed by atoms with Crippen molar-refractivity contribution in [2.24, 2.45) is 0 Å². The molecule has 0 saturated carbocycles. The minimum Gasteiger partial charge on any atom is -0.497 e. The molecular formula is C27H34O7. The van der Waals surface area contributed by atoms with E-state index < -0.39 is 18.0 Å². The quantitative estimate of drug-likeness (QED) is 0.459. The molecule has 7 nitrogen and oxygen atoms in total. The Kier molecular flexibility index (Phi) is 8.34. The zero-order chi connectivity index (χ0) is 24.0. The molecule has 0 radical (unpaired) electrons. The topological polar surface area (TPSA) is 72.5 Å². The van der Waals surface area contributed by atoms with Crippen LogP contribution in [-0.2, 0) is 41.7 Å². The molecule has 1 unspecified atom stereocenters. The SMILES string of the molecule is COc1ccc(CO[C@@H]2[C@@H](OCc3ccccc3)[C@@H](CC3COC(C)(C)O3)O[C@H]2CC=O)cc1. The molecule has 2 saturated heterocycles. The monoisotopic (exact) mass is 470 g/mol. The number of carbonyl (C=O) groups excluding carboxylic acids is 1. The van der Waals surface area contributed by atoms with E-state index in [0.717, 1.165) is 23.2 Å². The van der Waals surface area contributed by atoms with Gasteiger partial charge in [0.1, 0.15) is 24.2 Å². The molecule has 7 heteroatoms. The minimum absolute atomic E-state index is 0.111. The van der Waals surface area contributed by atoms with Crippen molar-refractivity contribution in [2.75, 3.05) is 13.7 Å². The molecule has 2 aliphatic rings. The summed E-state index contributed by atoms with van der Waals surface area (Å²) in [4.78, 5) is 11.4. The van der Waals surface area contributed by atoms with Gasteiger partial charge in [0, 0.05) is 12.8 Å². The van der Waals surface area contributed by atoms with Crippen LogP contribution in [-0.4, -0.2) is 56.3 Å². The van der Waals surface area contributed by atoms with E-state index >= 15 is 0 Å². The molecule has 5 atom stereocenters. The Bertz CT molecular complexity index is 899. The van der Waals surface area contributed by atoms with Crippen molar-refractivity contribution in [3.63, 3.8) is 0 Å². The zero-order valence-corrected chi connectivity index (χ0v) is 20.1. The first-order chi connectivity index (χ1) is 16.5. The maximum Gasteiger partial charge on any atom is 0.163 e. The summed E-state index contributed by atoms with van der Waals surface area (Å²) >= 11 is 0. The predicted molar refractivity (Wildman–Crippen MR) is 125 cm³/mol. The number of hydrogen-bond donors (Lipinski definition) is 0. The smallest absolute Gasteiger partial charge is 0.163 e. The highest BCUT2D eigenvalue weighted by molar-refractivity contribution is 5.50. The van der Waals surface area contributed by atoms with Crippen LogP contribution in [0.3, 0.4) is 0 Å². The molecule has 2 heterocycles. The molecule has 34 heavy (non-hydrogen) atoms. The summed E-state index contributed by atoms with van der Waals surface area (Å²) in [7, 11) is 1.64. The summed E-state index contributed by atoms with van der Waals surface area (Å²) < 4.78 is 36.1. The Morgan fingerprint density at radius 2 is 1.59 bits per heavy atom. The standard InChI is InChI=1S/C27H34O7/c1-27(2)32-18-22(34-27)15-24-26(31-16-19-7-5-4-6-8-19)25(23(33-24)13-14-28)30-17-20-9-11-21(29-3)12-10-20/h4-12,14,22-26H,13,15-18H2,1-3H3/t22?,23-,24+,25-,26-/m0/s1. The molecular weight excluding hydrogens is 436 g/mol. The van der Waals surface area contributed by atoms with E-state index in [1.807, 2.05) is 68.4 Å². The van der Waals surface area contributed by atoms with Gasteiger partial charge in [-0.05, 0) is 37.1 Å². The Morgan fingerprint density at radius 1 is 0.941 bits per heavy atom. The van der Waals surface area contributed by atoms with E-state index in [4.69, 9.17) is 28.4 Å². The summed E-state index contributed by atoms with van der Waals surface area (Å²) in [5, 5.41) is 0. The van der Waals surface area contributed by atoms with Gasteiger partial charge in [0.15, 0.2) is 5.79 Å². The largest absolute Gasteiger partial charge is 0.497 e. The van der Waals surface area contributed by atoms with Crippen molar-refractivity contribution >= 4 is 6.29 Å². The van der Waals surface area contributed by atoms with Crippen LogP contribution in [0.15, 0.2) is 54.6 Å². The first-order valence-corrected chi connectivity index (χ1v) is 11.8.